The number of aryl methyl sites for hydroxylation is 1. The Balaban J connectivity index is 1.80. The van der Waals surface area contributed by atoms with Crippen molar-refractivity contribution in [2.45, 2.75) is 45.4 Å². The minimum Gasteiger partial charge on any atom is -0.267 e. The van der Waals surface area contributed by atoms with Crippen molar-refractivity contribution >= 4 is 27.7 Å². The van der Waals surface area contributed by atoms with E-state index < -0.39 is 0 Å². The quantitative estimate of drug-likeness (QED) is 0.467. The second kappa shape index (κ2) is 10.8. The van der Waals surface area contributed by atoms with Gasteiger partial charge in [-0.15, -0.1) is 0 Å². The number of halogens is 1. The third-order valence-corrected chi connectivity index (χ3v) is 4.88. The maximum absolute atomic E-state index is 12.2. The molecule has 0 spiro atoms. The van der Waals surface area contributed by atoms with E-state index in [9.17, 15) is 9.59 Å². The summed E-state index contributed by atoms with van der Waals surface area (Å²) in [5, 5.41) is 0. The Bertz CT molecular complexity index is 729. The summed E-state index contributed by atoms with van der Waals surface area (Å²) in [6.07, 6.45) is 7.29. The van der Waals surface area contributed by atoms with Gasteiger partial charge in [0, 0.05) is 10.0 Å². The molecule has 26 heavy (non-hydrogen) atoms. The van der Waals surface area contributed by atoms with Crippen molar-refractivity contribution in [3.63, 3.8) is 0 Å². The van der Waals surface area contributed by atoms with Crippen LogP contribution in [0, 0.1) is 0 Å². The maximum atomic E-state index is 12.2. The Morgan fingerprint density at radius 3 is 2.19 bits per heavy atom. The number of hydrogen-bond donors (Lipinski definition) is 2. The van der Waals surface area contributed by atoms with E-state index in [0.717, 1.165) is 6.42 Å². The van der Waals surface area contributed by atoms with Crippen LogP contribution >= 0.6 is 15.9 Å². The molecule has 0 unspecified atom stereocenters. The molecule has 0 aliphatic carbocycles. The number of unbranched alkanes of at least 4 members (excludes halogenated alkanes) is 4. The van der Waals surface area contributed by atoms with Crippen molar-refractivity contribution < 1.29 is 9.59 Å². The monoisotopic (exact) mass is 416 g/mol. The summed E-state index contributed by atoms with van der Waals surface area (Å²) in [7, 11) is 0. The van der Waals surface area contributed by atoms with E-state index in [-0.39, 0.29) is 11.8 Å². The van der Waals surface area contributed by atoms with Gasteiger partial charge in [-0.3, -0.25) is 20.4 Å². The van der Waals surface area contributed by atoms with Crippen molar-refractivity contribution in [3.05, 3.63) is 69.7 Å². The SMILES string of the molecule is CCCCCCCc1ccc(C(=O)NNC(=O)c2ccccc2Br)cc1. The molecular formula is C21H25BrN2O2. The number of benzene rings is 2. The molecule has 4 nitrogen and oxygen atoms in total. The lowest BCUT2D eigenvalue weighted by Crippen LogP contribution is -2.41. The van der Waals surface area contributed by atoms with Crippen LogP contribution in [0.2, 0.25) is 0 Å². The van der Waals surface area contributed by atoms with E-state index in [2.05, 4.69) is 33.7 Å². The first-order valence-corrected chi connectivity index (χ1v) is 9.85. The molecule has 0 saturated heterocycles. The van der Waals surface area contributed by atoms with Crippen LogP contribution in [0.4, 0.5) is 0 Å². The molecule has 138 valence electrons. The Kier molecular flexibility index (Phi) is 8.35. The Morgan fingerprint density at radius 1 is 0.846 bits per heavy atom. The van der Waals surface area contributed by atoms with Crippen LogP contribution in [-0.4, -0.2) is 11.8 Å². The largest absolute Gasteiger partial charge is 0.270 e. The zero-order chi connectivity index (χ0) is 18.8. The molecule has 0 fully saturated rings. The molecule has 2 aromatic carbocycles. The molecule has 0 atom stereocenters. The van der Waals surface area contributed by atoms with Crippen molar-refractivity contribution in [2.24, 2.45) is 0 Å². The highest BCUT2D eigenvalue weighted by Crippen LogP contribution is 2.15. The first kappa shape index (κ1) is 20.2. The molecular weight excluding hydrogens is 392 g/mol. The van der Waals surface area contributed by atoms with Crippen LogP contribution in [0.25, 0.3) is 0 Å². The molecule has 0 aliphatic heterocycles. The third kappa shape index (κ3) is 6.30. The number of hydrogen-bond acceptors (Lipinski definition) is 2. The second-order valence-electron chi connectivity index (χ2n) is 6.25. The van der Waals surface area contributed by atoms with Crippen LogP contribution in [0.1, 0.15) is 65.3 Å². The highest BCUT2D eigenvalue weighted by Gasteiger charge is 2.11. The van der Waals surface area contributed by atoms with Gasteiger partial charge >= 0.3 is 0 Å². The molecule has 0 aliphatic rings. The molecule has 5 heteroatoms. The molecule has 0 bridgehead atoms. The molecule has 2 rings (SSSR count). The van der Waals surface area contributed by atoms with Gasteiger partial charge in [0.05, 0.1) is 5.56 Å². The number of amides is 2. The lowest BCUT2D eigenvalue weighted by molar-refractivity contribution is 0.0846. The van der Waals surface area contributed by atoms with Crippen molar-refractivity contribution in [2.75, 3.05) is 0 Å². The van der Waals surface area contributed by atoms with Gasteiger partial charge in [0.2, 0.25) is 0 Å². The van der Waals surface area contributed by atoms with Crippen LogP contribution in [0.15, 0.2) is 53.0 Å². The average Bonchev–Trinajstić information content (AvgIpc) is 2.66. The lowest BCUT2D eigenvalue weighted by Gasteiger charge is -2.09. The van der Waals surface area contributed by atoms with E-state index >= 15 is 0 Å². The zero-order valence-corrected chi connectivity index (χ0v) is 16.6. The minimum atomic E-state index is -0.366. The first-order valence-electron chi connectivity index (χ1n) is 9.06. The van der Waals surface area contributed by atoms with Gasteiger partial charge < -0.3 is 0 Å². The fourth-order valence-electron chi connectivity index (χ4n) is 2.65. The van der Waals surface area contributed by atoms with E-state index in [4.69, 9.17) is 0 Å². The van der Waals surface area contributed by atoms with Gasteiger partial charge in [-0.05, 0) is 58.6 Å². The van der Waals surface area contributed by atoms with E-state index in [1.54, 1.807) is 30.3 Å². The summed E-state index contributed by atoms with van der Waals surface area (Å²) < 4.78 is 0.676. The average molecular weight is 417 g/mol. The number of hydrazine groups is 1. The van der Waals surface area contributed by atoms with Crippen LogP contribution in [-0.2, 0) is 6.42 Å². The van der Waals surface area contributed by atoms with Crippen molar-refractivity contribution in [1.82, 2.24) is 10.9 Å². The summed E-state index contributed by atoms with van der Waals surface area (Å²) in [6, 6.07) is 14.6. The summed E-state index contributed by atoms with van der Waals surface area (Å²) in [4.78, 5) is 24.3. The Hall–Kier alpha value is -2.14. The topological polar surface area (TPSA) is 58.2 Å². The van der Waals surface area contributed by atoms with Crippen molar-refractivity contribution in [1.29, 1.82) is 0 Å². The van der Waals surface area contributed by atoms with Crippen molar-refractivity contribution in [3.8, 4) is 0 Å². The summed E-state index contributed by atoms with van der Waals surface area (Å²) in [5.74, 6) is -0.700. The molecule has 2 amide bonds. The second-order valence-corrected chi connectivity index (χ2v) is 7.10. The minimum absolute atomic E-state index is 0.333. The standard InChI is InChI=1S/C21H25BrN2O2/c1-2-3-4-5-6-9-16-12-14-17(15-13-16)20(25)23-24-21(26)18-10-7-8-11-19(18)22/h7-8,10-15H,2-6,9H2,1H3,(H,23,25)(H,24,26). The molecule has 0 radical (unpaired) electrons. The maximum Gasteiger partial charge on any atom is 0.270 e. The predicted molar refractivity (Wildman–Crippen MR) is 108 cm³/mol. The van der Waals surface area contributed by atoms with E-state index in [0.29, 0.717) is 15.6 Å². The highest BCUT2D eigenvalue weighted by molar-refractivity contribution is 9.10. The van der Waals surface area contributed by atoms with Gasteiger partial charge in [-0.25, -0.2) is 0 Å². The van der Waals surface area contributed by atoms with E-state index in [1.165, 1.54) is 37.7 Å². The van der Waals surface area contributed by atoms with Gasteiger partial charge in [0.25, 0.3) is 11.8 Å². The Labute approximate surface area is 163 Å². The molecule has 0 saturated carbocycles. The van der Waals surface area contributed by atoms with Gasteiger partial charge in [-0.1, -0.05) is 56.9 Å². The van der Waals surface area contributed by atoms with Crippen LogP contribution in [0.5, 0.6) is 0 Å². The molecule has 0 aromatic heterocycles. The third-order valence-electron chi connectivity index (χ3n) is 4.19. The highest BCUT2D eigenvalue weighted by atomic mass is 79.9. The van der Waals surface area contributed by atoms with Crippen LogP contribution in [0.3, 0.4) is 0 Å². The number of rotatable bonds is 8. The number of carbonyl (C=O) groups excluding carboxylic acids is 2. The molecule has 0 heterocycles. The first-order chi connectivity index (χ1) is 12.6. The summed E-state index contributed by atoms with van der Waals surface area (Å²) >= 11 is 3.32. The predicted octanol–water partition coefficient (Wildman–Crippen LogP) is 5.04. The Morgan fingerprint density at radius 2 is 1.50 bits per heavy atom. The number of nitrogens with one attached hydrogen (secondary N) is 2. The molecule has 2 aromatic rings. The number of carbonyl (C=O) groups is 2. The fourth-order valence-corrected chi connectivity index (χ4v) is 3.12. The molecule has 2 N–H and O–H groups in total. The smallest absolute Gasteiger partial charge is 0.267 e. The lowest BCUT2D eigenvalue weighted by atomic mass is 10.0. The van der Waals surface area contributed by atoms with Gasteiger partial charge in [0.15, 0.2) is 0 Å². The van der Waals surface area contributed by atoms with Gasteiger partial charge in [0.1, 0.15) is 0 Å². The van der Waals surface area contributed by atoms with E-state index in [1.807, 2.05) is 18.2 Å². The summed E-state index contributed by atoms with van der Waals surface area (Å²) in [6.45, 7) is 2.21. The normalized spacial score (nSPS) is 10.4. The fraction of sp³-hybridized carbons (Fsp3) is 0.333. The summed E-state index contributed by atoms with van der Waals surface area (Å²) in [5.41, 5.74) is 7.11. The van der Waals surface area contributed by atoms with Crippen LogP contribution < -0.4 is 10.9 Å². The zero-order valence-electron chi connectivity index (χ0n) is 15.1. The van der Waals surface area contributed by atoms with Gasteiger partial charge in [-0.2, -0.15) is 0 Å².